The van der Waals surface area contributed by atoms with Crippen molar-refractivity contribution in [3.63, 3.8) is 0 Å². The van der Waals surface area contributed by atoms with E-state index in [0.717, 1.165) is 25.7 Å². The summed E-state index contributed by atoms with van der Waals surface area (Å²) in [5, 5.41) is 2.94. The molecule has 0 radical (unpaired) electrons. The number of amides is 1. The Hall–Kier alpha value is -1.91. The van der Waals surface area contributed by atoms with Gasteiger partial charge in [0.05, 0.1) is 5.56 Å². The van der Waals surface area contributed by atoms with E-state index in [1.165, 1.54) is 12.6 Å². The highest BCUT2D eigenvalue weighted by Gasteiger charge is 2.22. The van der Waals surface area contributed by atoms with Gasteiger partial charge in [-0.05, 0) is 31.9 Å². The van der Waals surface area contributed by atoms with E-state index in [4.69, 9.17) is 4.74 Å². The molecular formula is C15H20N2O3. The van der Waals surface area contributed by atoms with E-state index in [1.54, 1.807) is 25.3 Å². The minimum Gasteiger partial charge on any atom is -0.449 e. The lowest BCUT2D eigenvalue weighted by Gasteiger charge is -2.24. The number of carbonyl (C=O) groups is 2. The average molecular weight is 276 g/mol. The van der Waals surface area contributed by atoms with Crippen LogP contribution in [-0.2, 0) is 9.53 Å². The van der Waals surface area contributed by atoms with Crippen molar-refractivity contribution in [1.82, 2.24) is 10.3 Å². The molecule has 1 unspecified atom stereocenters. The Morgan fingerprint density at radius 3 is 2.75 bits per heavy atom. The SMILES string of the molecule is CC(OC(=O)c1cccnc1)C(=O)NC1CCCCC1. The normalized spacial score (nSPS) is 17.2. The van der Waals surface area contributed by atoms with E-state index in [2.05, 4.69) is 10.3 Å². The third-order valence-corrected chi connectivity index (χ3v) is 3.50. The summed E-state index contributed by atoms with van der Waals surface area (Å²) in [5.41, 5.74) is 0.352. The van der Waals surface area contributed by atoms with Crippen LogP contribution in [0.15, 0.2) is 24.5 Å². The summed E-state index contributed by atoms with van der Waals surface area (Å²) in [6.07, 6.45) is 7.76. The number of carbonyl (C=O) groups excluding carboxylic acids is 2. The summed E-state index contributed by atoms with van der Waals surface area (Å²) in [7, 11) is 0. The van der Waals surface area contributed by atoms with Crippen LogP contribution >= 0.6 is 0 Å². The van der Waals surface area contributed by atoms with Crippen molar-refractivity contribution in [3.8, 4) is 0 Å². The smallest absolute Gasteiger partial charge is 0.340 e. The summed E-state index contributed by atoms with van der Waals surface area (Å²) in [4.78, 5) is 27.6. The van der Waals surface area contributed by atoms with Crippen LogP contribution < -0.4 is 5.32 Å². The minimum absolute atomic E-state index is 0.218. The Morgan fingerprint density at radius 2 is 2.10 bits per heavy atom. The fraction of sp³-hybridized carbons (Fsp3) is 0.533. The highest BCUT2D eigenvalue weighted by atomic mass is 16.5. The van der Waals surface area contributed by atoms with Crippen LogP contribution in [0.5, 0.6) is 0 Å². The number of hydrogen-bond donors (Lipinski definition) is 1. The van der Waals surface area contributed by atoms with Gasteiger partial charge in [0.15, 0.2) is 6.10 Å². The lowest BCUT2D eigenvalue weighted by atomic mass is 9.95. The molecule has 1 saturated carbocycles. The van der Waals surface area contributed by atoms with Crippen LogP contribution in [0.25, 0.3) is 0 Å². The zero-order chi connectivity index (χ0) is 14.4. The molecule has 0 spiro atoms. The number of pyridine rings is 1. The average Bonchev–Trinajstić information content (AvgIpc) is 2.49. The number of nitrogens with zero attached hydrogens (tertiary/aromatic N) is 1. The zero-order valence-corrected chi connectivity index (χ0v) is 11.7. The molecule has 0 bridgehead atoms. The van der Waals surface area contributed by atoms with Gasteiger partial charge >= 0.3 is 5.97 Å². The Bertz CT molecular complexity index is 455. The quantitative estimate of drug-likeness (QED) is 0.855. The number of rotatable bonds is 4. The van der Waals surface area contributed by atoms with Crippen molar-refractivity contribution in [2.45, 2.75) is 51.2 Å². The molecule has 20 heavy (non-hydrogen) atoms. The second-order valence-corrected chi connectivity index (χ2v) is 5.13. The van der Waals surface area contributed by atoms with Gasteiger partial charge in [-0.25, -0.2) is 4.79 Å². The van der Waals surface area contributed by atoms with Gasteiger partial charge in [-0.1, -0.05) is 19.3 Å². The summed E-state index contributed by atoms with van der Waals surface area (Å²) >= 11 is 0. The highest BCUT2D eigenvalue weighted by molar-refractivity contribution is 5.91. The molecule has 1 fully saturated rings. The first-order valence-corrected chi connectivity index (χ1v) is 7.08. The monoisotopic (exact) mass is 276 g/mol. The summed E-state index contributed by atoms with van der Waals surface area (Å²) in [5.74, 6) is -0.751. The van der Waals surface area contributed by atoms with E-state index in [1.807, 2.05) is 0 Å². The van der Waals surface area contributed by atoms with Gasteiger partial charge in [0, 0.05) is 18.4 Å². The van der Waals surface area contributed by atoms with Crippen LogP contribution in [0.4, 0.5) is 0 Å². The Labute approximate surface area is 118 Å². The number of hydrogen-bond acceptors (Lipinski definition) is 4. The molecule has 1 aromatic heterocycles. The first-order valence-electron chi connectivity index (χ1n) is 7.08. The van der Waals surface area contributed by atoms with Crippen molar-refractivity contribution in [3.05, 3.63) is 30.1 Å². The second-order valence-electron chi connectivity index (χ2n) is 5.13. The van der Waals surface area contributed by atoms with E-state index >= 15 is 0 Å². The summed E-state index contributed by atoms with van der Waals surface area (Å²) in [6, 6.07) is 3.49. The topological polar surface area (TPSA) is 68.3 Å². The van der Waals surface area contributed by atoms with Gasteiger partial charge in [-0.15, -0.1) is 0 Å². The first kappa shape index (κ1) is 14.5. The maximum Gasteiger partial charge on any atom is 0.340 e. The van der Waals surface area contributed by atoms with Crippen molar-refractivity contribution < 1.29 is 14.3 Å². The van der Waals surface area contributed by atoms with Crippen molar-refractivity contribution >= 4 is 11.9 Å². The maximum atomic E-state index is 12.0. The Kier molecular flexibility index (Phi) is 5.09. The molecule has 1 N–H and O–H groups in total. The Balaban J connectivity index is 1.83. The lowest BCUT2D eigenvalue weighted by Crippen LogP contribution is -2.42. The maximum absolute atomic E-state index is 12.0. The molecule has 1 aromatic rings. The predicted molar refractivity (Wildman–Crippen MR) is 74.1 cm³/mol. The second kappa shape index (κ2) is 7.03. The fourth-order valence-corrected chi connectivity index (χ4v) is 2.33. The van der Waals surface area contributed by atoms with Crippen molar-refractivity contribution in [2.75, 3.05) is 0 Å². The molecule has 1 heterocycles. The largest absolute Gasteiger partial charge is 0.449 e. The molecule has 1 aliphatic carbocycles. The van der Waals surface area contributed by atoms with Gasteiger partial charge in [0.1, 0.15) is 0 Å². The number of aromatic nitrogens is 1. The van der Waals surface area contributed by atoms with Gasteiger partial charge in [0.2, 0.25) is 0 Å². The van der Waals surface area contributed by atoms with E-state index in [0.29, 0.717) is 5.56 Å². The molecule has 0 saturated heterocycles. The first-order chi connectivity index (χ1) is 9.66. The summed E-state index contributed by atoms with van der Waals surface area (Å²) in [6.45, 7) is 1.59. The Morgan fingerprint density at radius 1 is 1.35 bits per heavy atom. The fourth-order valence-electron chi connectivity index (χ4n) is 2.33. The molecular weight excluding hydrogens is 256 g/mol. The van der Waals surface area contributed by atoms with Crippen LogP contribution in [0, 0.1) is 0 Å². The van der Waals surface area contributed by atoms with Gasteiger partial charge < -0.3 is 10.1 Å². The van der Waals surface area contributed by atoms with Crippen LogP contribution in [0.1, 0.15) is 49.4 Å². The standard InChI is InChI=1S/C15H20N2O3/c1-11(14(18)17-13-7-3-2-4-8-13)20-15(19)12-6-5-9-16-10-12/h5-6,9-11,13H,2-4,7-8H2,1H3,(H,17,18). The molecule has 1 atom stereocenters. The minimum atomic E-state index is -0.787. The highest BCUT2D eigenvalue weighted by Crippen LogP contribution is 2.17. The molecule has 1 aliphatic rings. The number of esters is 1. The molecule has 108 valence electrons. The van der Waals surface area contributed by atoms with E-state index in [-0.39, 0.29) is 11.9 Å². The number of ether oxygens (including phenoxy) is 1. The van der Waals surface area contributed by atoms with E-state index < -0.39 is 12.1 Å². The third-order valence-electron chi connectivity index (χ3n) is 3.50. The van der Waals surface area contributed by atoms with Crippen LogP contribution in [-0.4, -0.2) is 29.0 Å². The van der Waals surface area contributed by atoms with Crippen molar-refractivity contribution in [1.29, 1.82) is 0 Å². The third kappa shape index (κ3) is 4.05. The molecule has 0 aliphatic heterocycles. The lowest BCUT2D eigenvalue weighted by molar-refractivity contribution is -0.130. The van der Waals surface area contributed by atoms with Gasteiger partial charge in [-0.2, -0.15) is 0 Å². The van der Waals surface area contributed by atoms with Crippen molar-refractivity contribution in [2.24, 2.45) is 0 Å². The molecule has 0 aromatic carbocycles. The molecule has 5 heteroatoms. The predicted octanol–water partition coefficient (Wildman–Crippen LogP) is 2.08. The van der Waals surface area contributed by atoms with Crippen LogP contribution in [0.3, 0.4) is 0 Å². The zero-order valence-electron chi connectivity index (χ0n) is 11.7. The molecule has 5 nitrogen and oxygen atoms in total. The van der Waals surface area contributed by atoms with Gasteiger partial charge in [-0.3, -0.25) is 9.78 Å². The molecule has 2 rings (SSSR count). The number of nitrogens with one attached hydrogen (secondary N) is 1. The van der Waals surface area contributed by atoms with Gasteiger partial charge in [0.25, 0.3) is 5.91 Å². The van der Waals surface area contributed by atoms with Crippen LogP contribution in [0.2, 0.25) is 0 Å². The molecule has 1 amide bonds. The summed E-state index contributed by atoms with van der Waals surface area (Å²) < 4.78 is 5.15. The van der Waals surface area contributed by atoms with E-state index in [9.17, 15) is 9.59 Å².